The molecule has 1 aliphatic heterocycles. The molecule has 1 heterocycles. The number of hydrogen-bond donors (Lipinski definition) is 1. The van der Waals surface area contributed by atoms with E-state index in [0.717, 1.165) is 19.8 Å². The molecule has 0 atom stereocenters. The number of alkyl halides is 3. The fraction of sp³-hybridized carbons (Fsp3) is 1.00. The van der Waals surface area contributed by atoms with E-state index in [4.69, 9.17) is 4.74 Å². The Hall–Kier alpha value is -0.435. The van der Waals surface area contributed by atoms with Crippen LogP contribution in [0.3, 0.4) is 0 Å². The second kappa shape index (κ2) is 7.88. The van der Waals surface area contributed by atoms with Crippen LogP contribution < -0.4 is 4.90 Å². The molecule has 1 aliphatic rings. The Kier molecular flexibility index (Phi) is 7.69. The number of rotatable bonds is 4. The average Bonchev–Trinajstić information content (AvgIpc) is 2.69. The predicted molar refractivity (Wildman–Crippen MR) is 56.2 cm³/mol. The minimum atomic E-state index is -6.65. The van der Waals surface area contributed by atoms with Crippen LogP contribution in [0.25, 0.3) is 0 Å². The molecule has 0 unspecified atom stereocenters. The Morgan fingerprint density at radius 1 is 1.11 bits per heavy atom. The van der Waals surface area contributed by atoms with E-state index < -0.39 is 13.1 Å². The second-order valence-electron chi connectivity index (χ2n) is 4.13. The molecule has 0 aromatic carbocycles. The van der Waals surface area contributed by atoms with Crippen molar-refractivity contribution in [1.82, 2.24) is 0 Å². The number of likely N-dealkylation sites (tertiary alicyclic amines) is 1. The highest BCUT2D eigenvalue weighted by molar-refractivity contribution is 6.60. The molecule has 0 amide bonds. The van der Waals surface area contributed by atoms with E-state index in [0.29, 0.717) is 0 Å². The van der Waals surface area contributed by atoms with Crippen molar-refractivity contribution in [1.29, 1.82) is 0 Å². The van der Waals surface area contributed by atoms with Crippen molar-refractivity contribution in [2.45, 2.75) is 32.3 Å². The summed E-state index contributed by atoms with van der Waals surface area (Å²) >= 11 is 0. The summed E-state index contributed by atoms with van der Waals surface area (Å²) in [4.78, 5) is 1.63. The van der Waals surface area contributed by atoms with Crippen LogP contribution >= 0.6 is 0 Å². The van der Waals surface area contributed by atoms with Crippen LogP contribution in [0.2, 0.25) is 0 Å². The van der Waals surface area contributed by atoms with Crippen molar-refractivity contribution in [3.05, 3.63) is 0 Å². The largest absolute Gasteiger partial charge is 0.583 e. The van der Waals surface area contributed by atoms with Gasteiger partial charge < -0.3 is 22.6 Å². The molecule has 1 N–H and O–H groups in total. The molecular weight excluding hydrogens is 263 g/mol. The molecule has 1 fully saturated rings. The summed E-state index contributed by atoms with van der Waals surface area (Å²) in [6, 6.07) is 0. The maximum Gasteiger partial charge on any atom is 0.583 e. The fourth-order valence-electron chi connectivity index (χ4n) is 1.38. The van der Waals surface area contributed by atoms with Gasteiger partial charge in [-0.05, 0) is 6.42 Å². The highest BCUT2D eigenvalue weighted by Gasteiger charge is 2.53. The number of nitrogens with one attached hydrogen (secondary N) is 1. The molecule has 0 saturated carbocycles. The summed E-state index contributed by atoms with van der Waals surface area (Å²) in [5, 5.41) is 0. The van der Waals surface area contributed by atoms with Crippen LogP contribution in [0.5, 0.6) is 0 Å². The lowest BCUT2D eigenvalue weighted by Crippen LogP contribution is -3.10. The molecule has 110 valence electrons. The Morgan fingerprint density at radius 2 is 1.56 bits per heavy atom. The van der Waals surface area contributed by atoms with Crippen LogP contribution in [-0.4, -0.2) is 39.5 Å². The lowest BCUT2D eigenvalue weighted by atomic mass is 9.92. The van der Waals surface area contributed by atoms with Crippen LogP contribution in [-0.2, 0) is 4.74 Å². The predicted octanol–water partition coefficient (Wildman–Crippen LogP) is 1.98. The maximum absolute atomic E-state index is 10.5. The maximum atomic E-state index is 10.5. The first-order valence-corrected chi connectivity index (χ1v) is 5.86. The van der Waals surface area contributed by atoms with Gasteiger partial charge in [-0.15, -0.1) is 0 Å². The summed E-state index contributed by atoms with van der Waals surface area (Å²) in [5.74, 6) is 0. The molecule has 0 radical (unpaired) electrons. The van der Waals surface area contributed by atoms with Gasteiger partial charge in [-0.3, -0.25) is 0 Å². The van der Waals surface area contributed by atoms with Gasteiger partial charge in [0.25, 0.3) is 0 Å². The van der Waals surface area contributed by atoms with Gasteiger partial charge in [0, 0.05) is 12.8 Å². The van der Waals surface area contributed by atoms with E-state index in [2.05, 4.69) is 6.92 Å². The van der Waals surface area contributed by atoms with Crippen molar-refractivity contribution in [3.63, 3.8) is 0 Å². The number of ether oxygens (including phenoxy) is 1. The topological polar surface area (TPSA) is 13.7 Å². The van der Waals surface area contributed by atoms with Gasteiger partial charge in [0.2, 0.25) is 0 Å². The molecular formula is C9H18BF6NO. The third-order valence-electron chi connectivity index (χ3n) is 2.34. The zero-order valence-corrected chi connectivity index (χ0v) is 10.2. The molecule has 1 rings (SSSR count). The van der Waals surface area contributed by atoms with E-state index in [1.165, 1.54) is 25.9 Å². The highest BCUT2D eigenvalue weighted by Crippen LogP contribution is 2.31. The molecule has 9 heteroatoms. The Labute approximate surface area is 102 Å². The summed E-state index contributed by atoms with van der Waals surface area (Å²) in [6.45, 7) is 0.0249. The minimum absolute atomic E-state index is 0.934. The molecule has 0 bridgehead atoms. The lowest BCUT2D eigenvalue weighted by Gasteiger charge is -2.16. The van der Waals surface area contributed by atoms with Crippen molar-refractivity contribution in [2.75, 3.05) is 26.4 Å². The van der Waals surface area contributed by atoms with Crippen LogP contribution in [0, 0.1) is 0 Å². The average molecular weight is 281 g/mol. The van der Waals surface area contributed by atoms with Crippen LogP contribution in [0.1, 0.15) is 26.2 Å². The second-order valence-corrected chi connectivity index (χ2v) is 4.13. The van der Waals surface area contributed by atoms with Gasteiger partial charge in [0.15, 0.2) is 6.73 Å². The van der Waals surface area contributed by atoms with E-state index in [9.17, 15) is 26.1 Å². The zero-order chi connectivity index (χ0) is 14.2. The van der Waals surface area contributed by atoms with Crippen molar-refractivity contribution in [2.24, 2.45) is 0 Å². The van der Waals surface area contributed by atoms with Crippen LogP contribution in [0.4, 0.5) is 26.1 Å². The van der Waals surface area contributed by atoms with Crippen molar-refractivity contribution >= 4 is 6.98 Å². The van der Waals surface area contributed by atoms with Crippen LogP contribution in [0.15, 0.2) is 0 Å². The van der Waals surface area contributed by atoms with Gasteiger partial charge in [0.1, 0.15) is 0 Å². The standard InChI is InChI=1S/C8H17NO.CBF6/c1-2-7-10-8-9-5-3-4-6-9;3-1(4,5)2(6,7)8/h2-8H2,1H3;/q;-1/p+1. The molecule has 2 nitrogen and oxygen atoms in total. The first-order valence-electron chi connectivity index (χ1n) is 5.86. The monoisotopic (exact) mass is 281 g/mol. The number of halogens is 6. The van der Waals surface area contributed by atoms with Gasteiger partial charge in [-0.2, -0.15) is 0 Å². The number of quaternary nitrogens is 1. The summed E-state index contributed by atoms with van der Waals surface area (Å²) in [5.41, 5.74) is 0. The van der Waals surface area contributed by atoms with E-state index >= 15 is 0 Å². The van der Waals surface area contributed by atoms with Crippen molar-refractivity contribution in [3.8, 4) is 0 Å². The van der Waals surface area contributed by atoms with E-state index in [1.54, 1.807) is 4.90 Å². The third kappa shape index (κ3) is 7.81. The smallest absolute Gasteiger partial charge is 0.443 e. The third-order valence-corrected chi connectivity index (χ3v) is 2.34. The first kappa shape index (κ1) is 17.6. The van der Waals surface area contributed by atoms with E-state index in [-0.39, 0.29) is 0 Å². The Balaban J connectivity index is 0.000000331. The van der Waals surface area contributed by atoms with Gasteiger partial charge in [-0.1, -0.05) is 6.92 Å². The molecule has 0 aromatic rings. The van der Waals surface area contributed by atoms with Gasteiger partial charge >= 0.3 is 13.1 Å². The summed E-state index contributed by atoms with van der Waals surface area (Å²) < 4.78 is 68.3. The van der Waals surface area contributed by atoms with Crippen molar-refractivity contribution < 1.29 is 35.8 Å². The highest BCUT2D eigenvalue weighted by atomic mass is 19.4. The molecule has 0 spiro atoms. The summed E-state index contributed by atoms with van der Waals surface area (Å²) in [6.07, 6.45) is -2.07. The van der Waals surface area contributed by atoms with Gasteiger partial charge in [-0.25, -0.2) is 13.2 Å². The van der Waals surface area contributed by atoms with Gasteiger partial charge in [0.05, 0.1) is 19.7 Å². The molecule has 0 aromatic heterocycles. The number of hydrogen-bond acceptors (Lipinski definition) is 1. The minimum Gasteiger partial charge on any atom is -0.443 e. The van der Waals surface area contributed by atoms with E-state index in [1.807, 2.05) is 0 Å². The molecule has 0 aliphatic carbocycles. The fourth-order valence-corrected chi connectivity index (χ4v) is 1.38. The SMILES string of the molecule is CCCOC[NH+]1CCCC1.F[B-](F)(F)C(F)(F)F. The Morgan fingerprint density at radius 3 is 1.89 bits per heavy atom. The molecule has 18 heavy (non-hydrogen) atoms. The summed E-state index contributed by atoms with van der Waals surface area (Å²) in [7, 11) is 0. The first-order chi connectivity index (χ1) is 8.18. The quantitative estimate of drug-likeness (QED) is 0.472. The lowest BCUT2D eigenvalue weighted by molar-refractivity contribution is -0.907. The zero-order valence-electron chi connectivity index (χ0n) is 10.2. The molecule has 1 saturated heterocycles. The Bertz CT molecular complexity index is 202. The normalized spacial score (nSPS) is 17.5.